The third-order valence-electron chi connectivity index (χ3n) is 3.87. The zero-order chi connectivity index (χ0) is 17.2. The van der Waals surface area contributed by atoms with E-state index in [0.717, 1.165) is 29.9 Å². The number of aromatic nitrogens is 2. The first-order valence-corrected chi connectivity index (χ1v) is 9.34. The smallest absolute Gasteiger partial charge is 0.243 e. The molecule has 7 heteroatoms. The minimum Gasteiger partial charge on any atom is -0.269 e. The Morgan fingerprint density at radius 3 is 2.39 bits per heavy atom. The first-order valence-electron chi connectivity index (χ1n) is 7.52. The molecule has 0 aliphatic heterocycles. The molecule has 5 nitrogen and oxygen atoms in total. The lowest BCUT2D eigenvalue weighted by atomic mass is 10.2. The van der Waals surface area contributed by atoms with Gasteiger partial charge in [0.25, 0.3) is 0 Å². The fourth-order valence-electron chi connectivity index (χ4n) is 2.49. The SMILES string of the molecule is CCCn1nc(C)c(CN(C)S(=O)(=O)c2ccc(Cl)cc2)c1C. The molecule has 0 saturated heterocycles. The van der Waals surface area contributed by atoms with Gasteiger partial charge in [0.15, 0.2) is 0 Å². The molecule has 0 unspecified atom stereocenters. The van der Waals surface area contributed by atoms with Crippen LogP contribution in [-0.4, -0.2) is 29.6 Å². The average Bonchev–Trinajstić information content (AvgIpc) is 2.75. The molecular formula is C16H22ClN3O2S. The molecule has 0 spiro atoms. The molecule has 23 heavy (non-hydrogen) atoms. The van der Waals surface area contributed by atoms with E-state index in [1.165, 1.54) is 16.4 Å². The summed E-state index contributed by atoms with van der Waals surface area (Å²) in [6, 6.07) is 6.21. The maximum absolute atomic E-state index is 12.7. The van der Waals surface area contributed by atoms with Gasteiger partial charge in [-0.3, -0.25) is 4.68 Å². The molecule has 0 amide bonds. The Morgan fingerprint density at radius 1 is 1.22 bits per heavy atom. The monoisotopic (exact) mass is 355 g/mol. The van der Waals surface area contributed by atoms with Crippen LogP contribution in [0.25, 0.3) is 0 Å². The molecule has 1 aromatic heterocycles. The Labute approximate surface area is 142 Å². The van der Waals surface area contributed by atoms with E-state index in [1.807, 2.05) is 18.5 Å². The van der Waals surface area contributed by atoms with Crippen molar-refractivity contribution in [3.8, 4) is 0 Å². The summed E-state index contributed by atoms with van der Waals surface area (Å²) in [7, 11) is -1.97. The van der Waals surface area contributed by atoms with Crippen molar-refractivity contribution in [3.63, 3.8) is 0 Å². The molecule has 126 valence electrons. The first kappa shape index (κ1) is 18.0. The summed E-state index contributed by atoms with van der Waals surface area (Å²) in [6.07, 6.45) is 0.986. The fourth-order valence-corrected chi connectivity index (χ4v) is 3.75. The van der Waals surface area contributed by atoms with Crippen LogP contribution in [0, 0.1) is 13.8 Å². The van der Waals surface area contributed by atoms with Gasteiger partial charge in [-0.1, -0.05) is 18.5 Å². The predicted molar refractivity (Wildman–Crippen MR) is 92.1 cm³/mol. The van der Waals surface area contributed by atoms with Crippen molar-refractivity contribution < 1.29 is 8.42 Å². The van der Waals surface area contributed by atoms with Crippen LogP contribution in [0.2, 0.25) is 5.02 Å². The van der Waals surface area contributed by atoms with Crippen LogP contribution in [0.5, 0.6) is 0 Å². The zero-order valence-electron chi connectivity index (χ0n) is 13.9. The second-order valence-electron chi connectivity index (χ2n) is 5.59. The van der Waals surface area contributed by atoms with E-state index < -0.39 is 10.0 Å². The van der Waals surface area contributed by atoms with Gasteiger partial charge in [-0.2, -0.15) is 9.40 Å². The van der Waals surface area contributed by atoms with Gasteiger partial charge in [0.1, 0.15) is 0 Å². The van der Waals surface area contributed by atoms with E-state index in [1.54, 1.807) is 19.2 Å². The highest BCUT2D eigenvalue weighted by molar-refractivity contribution is 7.89. The molecule has 0 aliphatic rings. The lowest BCUT2D eigenvalue weighted by Crippen LogP contribution is -2.27. The third-order valence-corrected chi connectivity index (χ3v) is 5.94. The number of benzene rings is 1. The van der Waals surface area contributed by atoms with E-state index in [0.29, 0.717) is 11.6 Å². The molecule has 2 rings (SSSR count). The maximum Gasteiger partial charge on any atom is 0.243 e. The van der Waals surface area contributed by atoms with Gasteiger partial charge in [0, 0.05) is 36.4 Å². The minimum absolute atomic E-state index is 0.237. The molecule has 0 atom stereocenters. The van der Waals surface area contributed by atoms with Gasteiger partial charge in [0.05, 0.1) is 10.6 Å². The average molecular weight is 356 g/mol. The van der Waals surface area contributed by atoms with Crippen LogP contribution >= 0.6 is 11.6 Å². The second-order valence-corrected chi connectivity index (χ2v) is 8.07. The number of sulfonamides is 1. The largest absolute Gasteiger partial charge is 0.269 e. The summed E-state index contributed by atoms with van der Waals surface area (Å²) < 4.78 is 28.6. The highest BCUT2D eigenvalue weighted by Crippen LogP contribution is 2.21. The van der Waals surface area contributed by atoms with Gasteiger partial charge in [-0.15, -0.1) is 0 Å². The van der Waals surface area contributed by atoms with Crippen molar-refractivity contribution in [1.29, 1.82) is 0 Å². The summed E-state index contributed by atoms with van der Waals surface area (Å²) in [4.78, 5) is 0.237. The standard InChI is InChI=1S/C16H22ClN3O2S/c1-5-10-20-13(3)16(12(2)18-20)11-19(4)23(21,22)15-8-6-14(17)7-9-15/h6-9H,5,10-11H2,1-4H3. The normalized spacial score (nSPS) is 12.1. The van der Waals surface area contributed by atoms with Crippen molar-refractivity contribution in [2.45, 2.75) is 45.2 Å². The van der Waals surface area contributed by atoms with E-state index in [-0.39, 0.29) is 4.90 Å². The molecule has 1 heterocycles. The number of hydrogen-bond donors (Lipinski definition) is 0. The molecular weight excluding hydrogens is 334 g/mol. The maximum atomic E-state index is 12.7. The third kappa shape index (κ3) is 3.76. The Bertz CT molecular complexity index is 782. The van der Waals surface area contributed by atoms with Crippen molar-refractivity contribution in [2.75, 3.05) is 7.05 Å². The highest BCUT2D eigenvalue weighted by atomic mass is 35.5. The van der Waals surface area contributed by atoms with Gasteiger partial charge < -0.3 is 0 Å². The molecule has 0 saturated carbocycles. The Morgan fingerprint density at radius 2 is 1.83 bits per heavy atom. The number of aryl methyl sites for hydroxylation is 2. The first-order chi connectivity index (χ1) is 10.8. The van der Waals surface area contributed by atoms with Crippen molar-refractivity contribution in [2.24, 2.45) is 0 Å². The van der Waals surface area contributed by atoms with Crippen LogP contribution in [0.3, 0.4) is 0 Å². The molecule has 0 bridgehead atoms. The lowest BCUT2D eigenvalue weighted by Gasteiger charge is -2.17. The van der Waals surface area contributed by atoms with Crippen LogP contribution < -0.4 is 0 Å². The molecule has 0 radical (unpaired) electrons. The van der Waals surface area contributed by atoms with Crippen LogP contribution in [0.15, 0.2) is 29.2 Å². The molecule has 1 aromatic carbocycles. The topological polar surface area (TPSA) is 55.2 Å². The summed E-state index contributed by atoms with van der Waals surface area (Å²) in [5.41, 5.74) is 2.84. The molecule has 0 N–H and O–H groups in total. The molecule has 2 aromatic rings. The minimum atomic E-state index is -3.55. The van der Waals surface area contributed by atoms with Crippen LogP contribution in [0.4, 0.5) is 0 Å². The summed E-state index contributed by atoms with van der Waals surface area (Å²) in [5.74, 6) is 0. The lowest BCUT2D eigenvalue weighted by molar-refractivity contribution is 0.464. The van der Waals surface area contributed by atoms with Gasteiger partial charge in [0.2, 0.25) is 10.0 Å². The second kappa shape index (κ2) is 7.03. The number of halogens is 1. The Hall–Kier alpha value is -1.37. The summed E-state index contributed by atoms with van der Waals surface area (Å²) >= 11 is 5.83. The summed E-state index contributed by atoms with van der Waals surface area (Å²) in [6.45, 7) is 7.12. The van der Waals surface area contributed by atoms with Gasteiger partial charge in [-0.25, -0.2) is 8.42 Å². The Kier molecular flexibility index (Phi) is 5.49. The highest BCUT2D eigenvalue weighted by Gasteiger charge is 2.23. The van der Waals surface area contributed by atoms with Gasteiger partial charge >= 0.3 is 0 Å². The zero-order valence-corrected chi connectivity index (χ0v) is 15.4. The van der Waals surface area contributed by atoms with E-state index in [9.17, 15) is 8.42 Å². The van der Waals surface area contributed by atoms with Crippen molar-refractivity contribution in [1.82, 2.24) is 14.1 Å². The van der Waals surface area contributed by atoms with Crippen LogP contribution in [-0.2, 0) is 23.1 Å². The predicted octanol–water partition coefficient (Wildman–Crippen LogP) is 3.38. The number of rotatable bonds is 6. The fraction of sp³-hybridized carbons (Fsp3) is 0.438. The van der Waals surface area contributed by atoms with E-state index >= 15 is 0 Å². The molecule has 0 aliphatic carbocycles. The molecule has 0 fully saturated rings. The quantitative estimate of drug-likeness (QED) is 0.798. The van der Waals surface area contributed by atoms with Gasteiger partial charge in [-0.05, 0) is 44.5 Å². The van der Waals surface area contributed by atoms with Crippen LogP contribution in [0.1, 0.15) is 30.3 Å². The Balaban J connectivity index is 2.28. The number of hydrogen-bond acceptors (Lipinski definition) is 3. The van der Waals surface area contributed by atoms with E-state index in [2.05, 4.69) is 12.0 Å². The van der Waals surface area contributed by atoms with E-state index in [4.69, 9.17) is 11.6 Å². The summed E-state index contributed by atoms with van der Waals surface area (Å²) in [5, 5.41) is 5.01. The van der Waals surface area contributed by atoms with Crippen molar-refractivity contribution >= 4 is 21.6 Å². The number of nitrogens with zero attached hydrogens (tertiary/aromatic N) is 3. The van der Waals surface area contributed by atoms with Crippen molar-refractivity contribution in [3.05, 3.63) is 46.2 Å².